The molecule has 0 saturated heterocycles. The molecule has 1 heterocycles. The number of fused-ring (bicyclic) bond motifs is 1. The summed E-state index contributed by atoms with van der Waals surface area (Å²) in [6.07, 6.45) is 1.86. The summed E-state index contributed by atoms with van der Waals surface area (Å²) >= 11 is 3.54. The molecule has 0 saturated carbocycles. The van der Waals surface area contributed by atoms with Crippen LogP contribution in [0, 0.1) is 6.92 Å². The van der Waals surface area contributed by atoms with Gasteiger partial charge in [-0.25, -0.2) is 4.98 Å². The fourth-order valence-corrected chi connectivity index (χ4v) is 2.97. The van der Waals surface area contributed by atoms with Crippen LogP contribution in [0.25, 0.3) is 11.0 Å². The Bertz CT molecular complexity index is 575. The molecular formula is C14H21BrN2OSi. The summed E-state index contributed by atoms with van der Waals surface area (Å²) in [5.74, 6) is 0. The molecule has 0 bridgehead atoms. The molecule has 2 rings (SSSR count). The second-order valence-electron chi connectivity index (χ2n) is 6.10. The maximum atomic E-state index is 5.78. The number of nitrogens with zero attached hydrogens (tertiary/aromatic N) is 2. The van der Waals surface area contributed by atoms with E-state index in [9.17, 15) is 0 Å². The van der Waals surface area contributed by atoms with Crippen LogP contribution in [0.1, 0.15) is 5.56 Å². The summed E-state index contributed by atoms with van der Waals surface area (Å²) in [7, 11) is -1.01. The quantitative estimate of drug-likeness (QED) is 0.595. The number of benzene rings is 1. The van der Waals surface area contributed by atoms with E-state index in [2.05, 4.69) is 64.2 Å². The van der Waals surface area contributed by atoms with Crippen LogP contribution >= 0.6 is 15.9 Å². The molecule has 5 heteroatoms. The van der Waals surface area contributed by atoms with Gasteiger partial charge >= 0.3 is 0 Å². The first-order valence-corrected chi connectivity index (χ1v) is 11.1. The van der Waals surface area contributed by atoms with Gasteiger partial charge in [-0.05, 0) is 30.7 Å². The van der Waals surface area contributed by atoms with E-state index in [1.54, 1.807) is 0 Å². The van der Waals surface area contributed by atoms with E-state index >= 15 is 0 Å². The number of ether oxygens (including phenoxy) is 1. The fourth-order valence-electron chi connectivity index (χ4n) is 1.89. The van der Waals surface area contributed by atoms with E-state index in [0.29, 0.717) is 6.73 Å². The van der Waals surface area contributed by atoms with Crippen molar-refractivity contribution in [1.82, 2.24) is 9.55 Å². The van der Waals surface area contributed by atoms with E-state index < -0.39 is 8.07 Å². The Hall–Kier alpha value is -0.653. The van der Waals surface area contributed by atoms with Crippen molar-refractivity contribution in [2.45, 2.75) is 39.3 Å². The molecule has 0 unspecified atom stereocenters. The molecule has 0 aliphatic carbocycles. The standard InChI is InChI=1S/C14H21BrN2OSi/c1-11-12(15)5-6-13-14(11)16-9-17(13)10-18-7-8-19(2,3)4/h5-6,9H,7-8,10H2,1-4H3. The van der Waals surface area contributed by atoms with Gasteiger partial charge in [0.05, 0.1) is 17.4 Å². The number of rotatable bonds is 5. The molecule has 104 valence electrons. The van der Waals surface area contributed by atoms with Crippen LogP contribution in [0.4, 0.5) is 0 Å². The zero-order valence-corrected chi connectivity index (χ0v) is 14.6. The van der Waals surface area contributed by atoms with Crippen molar-refractivity contribution >= 4 is 35.0 Å². The number of imidazole rings is 1. The van der Waals surface area contributed by atoms with E-state index in [1.165, 1.54) is 11.6 Å². The Morgan fingerprint density at radius 1 is 1.32 bits per heavy atom. The molecule has 3 nitrogen and oxygen atoms in total. The Balaban J connectivity index is 2.04. The lowest BCUT2D eigenvalue weighted by Crippen LogP contribution is -2.21. The van der Waals surface area contributed by atoms with Crippen LogP contribution in [0.5, 0.6) is 0 Å². The lowest BCUT2D eigenvalue weighted by molar-refractivity contribution is 0.0898. The van der Waals surface area contributed by atoms with Gasteiger partial charge in [0.25, 0.3) is 0 Å². The molecule has 1 aromatic heterocycles. The maximum Gasteiger partial charge on any atom is 0.124 e. The maximum absolute atomic E-state index is 5.78. The molecule has 0 aliphatic rings. The summed E-state index contributed by atoms with van der Waals surface area (Å²) in [5, 5.41) is 0. The molecule has 0 radical (unpaired) electrons. The molecule has 2 aromatic rings. The average Bonchev–Trinajstić information content (AvgIpc) is 2.72. The number of hydrogen-bond donors (Lipinski definition) is 0. The fraction of sp³-hybridized carbons (Fsp3) is 0.500. The van der Waals surface area contributed by atoms with Gasteiger partial charge in [0.15, 0.2) is 0 Å². The van der Waals surface area contributed by atoms with Gasteiger partial charge in [-0.2, -0.15) is 0 Å². The normalized spacial score (nSPS) is 12.3. The number of aromatic nitrogens is 2. The topological polar surface area (TPSA) is 27.1 Å². The van der Waals surface area contributed by atoms with Crippen LogP contribution < -0.4 is 0 Å². The van der Waals surface area contributed by atoms with Crippen LogP contribution in [0.2, 0.25) is 25.7 Å². The smallest absolute Gasteiger partial charge is 0.124 e. The largest absolute Gasteiger partial charge is 0.361 e. The van der Waals surface area contributed by atoms with Crippen LogP contribution in [-0.4, -0.2) is 24.2 Å². The molecule has 19 heavy (non-hydrogen) atoms. The van der Waals surface area contributed by atoms with E-state index in [1.807, 2.05) is 6.33 Å². The van der Waals surface area contributed by atoms with Gasteiger partial charge in [-0.3, -0.25) is 0 Å². The zero-order valence-electron chi connectivity index (χ0n) is 12.0. The van der Waals surface area contributed by atoms with Gasteiger partial charge in [-0.1, -0.05) is 35.6 Å². The summed E-state index contributed by atoms with van der Waals surface area (Å²) in [6, 6.07) is 5.35. The first-order chi connectivity index (χ1) is 8.88. The van der Waals surface area contributed by atoms with Crippen molar-refractivity contribution < 1.29 is 4.74 Å². The molecule has 0 fully saturated rings. The lowest BCUT2D eigenvalue weighted by atomic mass is 10.2. The van der Waals surface area contributed by atoms with Crippen LogP contribution in [-0.2, 0) is 11.5 Å². The predicted octanol–water partition coefficient (Wildman–Crippen LogP) is 4.42. The highest BCUT2D eigenvalue weighted by Gasteiger charge is 2.12. The van der Waals surface area contributed by atoms with Crippen LogP contribution in [0.3, 0.4) is 0 Å². The summed E-state index contributed by atoms with van der Waals surface area (Å²) in [6.45, 7) is 10.6. The van der Waals surface area contributed by atoms with Crippen molar-refractivity contribution in [2.75, 3.05) is 6.61 Å². The highest BCUT2D eigenvalue weighted by atomic mass is 79.9. The molecule has 0 spiro atoms. The minimum absolute atomic E-state index is 0.585. The number of aryl methyl sites for hydroxylation is 1. The Morgan fingerprint density at radius 2 is 2.05 bits per heavy atom. The predicted molar refractivity (Wildman–Crippen MR) is 86.3 cm³/mol. The highest BCUT2D eigenvalue weighted by Crippen LogP contribution is 2.24. The Kier molecular flexibility index (Phi) is 4.48. The SMILES string of the molecule is Cc1c(Br)ccc2c1ncn2COCC[Si](C)(C)C. The van der Waals surface area contributed by atoms with E-state index in [-0.39, 0.29) is 0 Å². The second-order valence-corrected chi connectivity index (χ2v) is 12.6. The van der Waals surface area contributed by atoms with E-state index in [4.69, 9.17) is 4.74 Å². The van der Waals surface area contributed by atoms with Gasteiger partial charge in [0, 0.05) is 19.2 Å². The van der Waals surface area contributed by atoms with Crippen molar-refractivity contribution in [3.63, 3.8) is 0 Å². The third kappa shape index (κ3) is 3.67. The van der Waals surface area contributed by atoms with Gasteiger partial charge in [-0.15, -0.1) is 0 Å². The molecule has 0 amide bonds. The summed E-state index contributed by atoms with van der Waals surface area (Å²) < 4.78 is 8.95. The average molecular weight is 341 g/mol. The van der Waals surface area contributed by atoms with Crippen molar-refractivity contribution in [1.29, 1.82) is 0 Å². The number of hydrogen-bond acceptors (Lipinski definition) is 2. The first-order valence-electron chi connectivity index (χ1n) is 6.56. The number of halogens is 1. The van der Waals surface area contributed by atoms with Crippen molar-refractivity contribution in [3.05, 3.63) is 28.5 Å². The molecule has 0 N–H and O–H groups in total. The second kappa shape index (κ2) is 5.77. The monoisotopic (exact) mass is 340 g/mol. The third-order valence-electron chi connectivity index (χ3n) is 3.21. The molecule has 0 atom stereocenters. The molecular weight excluding hydrogens is 320 g/mol. The Morgan fingerprint density at radius 3 is 2.74 bits per heavy atom. The minimum Gasteiger partial charge on any atom is -0.361 e. The van der Waals surface area contributed by atoms with Gasteiger partial charge < -0.3 is 9.30 Å². The van der Waals surface area contributed by atoms with Crippen molar-refractivity contribution in [3.8, 4) is 0 Å². The molecule has 1 aromatic carbocycles. The lowest BCUT2D eigenvalue weighted by Gasteiger charge is -2.15. The first kappa shape index (κ1) is 14.7. The zero-order chi connectivity index (χ0) is 14.0. The molecule has 0 aliphatic heterocycles. The summed E-state index contributed by atoms with van der Waals surface area (Å²) in [4.78, 5) is 4.47. The highest BCUT2D eigenvalue weighted by molar-refractivity contribution is 9.10. The van der Waals surface area contributed by atoms with E-state index in [0.717, 1.165) is 22.1 Å². The minimum atomic E-state index is -1.01. The summed E-state index contributed by atoms with van der Waals surface area (Å²) in [5.41, 5.74) is 3.36. The van der Waals surface area contributed by atoms with Gasteiger partial charge in [0.1, 0.15) is 6.73 Å². The van der Waals surface area contributed by atoms with Gasteiger partial charge in [0.2, 0.25) is 0 Å². The van der Waals surface area contributed by atoms with Crippen LogP contribution in [0.15, 0.2) is 22.9 Å². The van der Waals surface area contributed by atoms with Crippen molar-refractivity contribution in [2.24, 2.45) is 0 Å². The Labute approximate surface area is 124 Å². The third-order valence-corrected chi connectivity index (χ3v) is 5.77.